The Labute approximate surface area is 134 Å². The van der Waals surface area contributed by atoms with E-state index in [1.54, 1.807) is 24.4 Å². The molecule has 6 nitrogen and oxygen atoms in total. The minimum Gasteiger partial charge on any atom is -0.258 e. The third-order valence-electron chi connectivity index (χ3n) is 2.74. The second kappa shape index (κ2) is 6.22. The zero-order valence-electron chi connectivity index (χ0n) is 10.8. The molecular weight excluding hydrogens is 380 g/mol. The first-order valence-electron chi connectivity index (χ1n) is 5.81. The lowest BCUT2D eigenvalue weighted by Gasteiger charge is -2.14. The van der Waals surface area contributed by atoms with Gasteiger partial charge in [0.1, 0.15) is 4.21 Å². The molecule has 2 rings (SSSR count). The minimum absolute atomic E-state index is 0.0733. The monoisotopic (exact) mass is 390 g/mol. The van der Waals surface area contributed by atoms with Crippen LogP contribution in [0.25, 0.3) is 0 Å². The molecule has 1 heterocycles. The van der Waals surface area contributed by atoms with Crippen LogP contribution in [0.2, 0.25) is 0 Å². The van der Waals surface area contributed by atoms with E-state index in [2.05, 4.69) is 20.7 Å². The molecule has 0 aliphatic rings. The Morgan fingerprint density at radius 1 is 1.38 bits per heavy atom. The van der Waals surface area contributed by atoms with Crippen molar-refractivity contribution in [2.75, 3.05) is 0 Å². The summed E-state index contributed by atoms with van der Waals surface area (Å²) >= 11 is 4.28. The summed E-state index contributed by atoms with van der Waals surface area (Å²) in [5.74, 6) is 0. The zero-order chi connectivity index (χ0) is 15.6. The van der Waals surface area contributed by atoms with Gasteiger partial charge in [-0.05, 0) is 39.9 Å². The number of sulfonamides is 1. The van der Waals surface area contributed by atoms with Crippen LogP contribution in [0.3, 0.4) is 0 Å². The molecule has 0 aliphatic heterocycles. The predicted octanol–water partition coefficient (Wildman–Crippen LogP) is 3.46. The fourth-order valence-electron chi connectivity index (χ4n) is 1.73. The van der Waals surface area contributed by atoms with Crippen molar-refractivity contribution >= 4 is 43.0 Å². The van der Waals surface area contributed by atoms with Crippen LogP contribution in [-0.2, 0) is 10.0 Å². The van der Waals surface area contributed by atoms with Crippen LogP contribution in [0.4, 0.5) is 5.69 Å². The second-order valence-corrected chi connectivity index (χ2v) is 7.93. The van der Waals surface area contributed by atoms with Gasteiger partial charge < -0.3 is 0 Å². The molecular formula is C12H11BrN2O4S2. The van der Waals surface area contributed by atoms with E-state index in [1.165, 1.54) is 18.2 Å². The minimum atomic E-state index is -3.68. The number of halogens is 1. The van der Waals surface area contributed by atoms with E-state index in [1.807, 2.05) is 0 Å². The van der Waals surface area contributed by atoms with Crippen molar-refractivity contribution in [3.05, 3.63) is 55.9 Å². The normalized spacial score (nSPS) is 13.0. The molecule has 0 aliphatic carbocycles. The van der Waals surface area contributed by atoms with Gasteiger partial charge in [0.25, 0.3) is 15.7 Å². The van der Waals surface area contributed by atoms with Crippen LogP contribution < -0.4 is 4.72 Å². The van der Waals surface area contributed by atoms with E-state index in [9.17, 15) is 18.5 Å². The molecule has 0 saturated carbocycles. The maximum Gasteiger partial charge on any atom is 0.269 e. The summed E-state index contributed by atoms with van der Waals surface area (Å²) in [6.07, 6.45) is 0. The highest BCUT2D eigenvalue weighted by Crippen LogP contribution is 2.29. The largest absolute Gasteiger partial charge is 0.269 e. The maximum absolute atomic E-state index is 12.3. The highest BCUT2D eigenvalue weighted by atomic mass is 79.9. The highest BCUT2D eigenvalue weighted by Gasteiger charge is 2.22. The number of thiophene rings is 1. The Bertz CT molecular complexity index is 773. The van der Waals surface area contributed by atoms with Crippen molar-refractivity contribution in [3.63, 3.8) is 0 Å². The molecule has 1 atom stereocenters. The molecule has 0 spiro atoms. The Hall–Kier alpha value is -1.29. The first kappa shape index (κ1) is 16.1. The van der Waals surface area contributed by atoms with Gasteiger partial charge >= 0.3 is 0 Å². The zero-order valence-corrected chi connectivity index (χ0v) is 14.0. The van der Waals surface area contributed by atoms with Gasteiger partial charge in [-0.1, -0.05) is 12.1 Å². The summed E-state index contributed by atoms with van der Waals surface area (Å²) in [6, 6.07) is 6.96. The van der Waals surface area contributed by atoms with Gasteiger partial charge in [-0.25, -0.2) is 13.1 Å². The fourth-order valence-corrected chi connectivity index (χ4v) is 5.32. The maximum atomic E-state index is 12.3. The van der Waals surface area contributed by atoms with E-state index >= 15 is 0 Å². The van der Waals surface area contributed by atoms with Gasteiger partial charge in [-0.15, -0.1) is 11.3 Å². The third-order valence-corrected chi connectivity index (χ3v) is 6.95. The van der Waals surface area contributed by atoms with E-state index in [-0.39, 0.29) is 9.90 Å². The number of nitrogens with zero attached hydrogens (tertiary/aromatic N) is 1. The van der Waals surface area contributed by atoms with Gasteiger partial charge in [-0.2, -0.15) is 0 Å². The van der Waals surface area contributed by atoms with Crippen LogP contribution in [0.5, 0.6) is 0 Å². The summed E-state index contributed by atoms with van der Waals surface area (Å²) in [5.41, 5.74) is 0.455. The second-order valence-electron chi connectivity index (χ2n) is 4.25. The number of nitrogens with one attached hydrogen (secondary N) is 1. The molecule has 1 unspecified atom stereocenters. The first-order valence-corrected chi connectivity index (χ1v) is 8.96. The van der Waals surface area contributed by atoms with Crippen molar-refractivity contribution in [3.8, 4) is 0 Å². The van der Waals surface area contributed by atoms with Gasteiger partial charge in [0.2, 0.25) is 0 Å². The van der Waals surface area contributed by atoms with E-state index in [4.69, 9.17) is 0 Å². The van der Waals surface area contributed by atoms with Crippen LogP contribution in [0.1, 0.15) is 18.5 Å². The van der Waals surface area contributed by atoms with Crippen molar-refractivity contribution in [1.82, 2.24) is 4.72 Å². The molecule has 1 N–H and O–H groups in total. The average molecular weight is 391 g/mol. The average Bonchev–Trinajstić information content (AvgIpc) is 2.85. The summed E-state index contributed by atoms with van der Waals surface area (Å²) in [7, 11) is -3.68. The molecule has 1 aromatic heterocycles. The molecule has 0 bridgehead atoms. The molecule has 1 aromatic carbocycles. The van der Waals surface area contributed by atoms with E-state index in [0.717, 1.165) is 11.3 Å². The Morgan fingerprint density at radius 3 is 2.67 bits per heavy atom. The van der Waals surface area contributed by atoms with Gasteiger partial charge in [0.05, 0.1) is 4.92 Å². The predicted molar refractivity (Wildman–Crippen MR) is 83.9 cm³/mol. The van der Waals surface area contributed by atoms with Gasteiger partial charge in [0, 0.05) is 22.6 Å². The van der Waals surface area contributed by atoms with Crippen LogP contribution >= 0.6 is 27.3 Å². The quantitative estimate of drug-likeness (QED) is 0.625. The Kier molecular flexibility index (Phi) is 4.77. The van der Waals surface area contributed by atoms with Crippen molar-refractivity contribution in [1.29, 1.82) is 0 Å². The number of hydrogen-bond donors (Lipinski definition) is 1. The smallest absolute Gasteiger partial charge is 0.258 e. The number of nitro benzene ring substituents is 1. The summed E-state index contributed by atoms with van der Waals surface area (Å²) in [4.78, 5) is 10.2. The molecule has 0 radical (unpaired) electrons. The Balaban J connectivity index is 2.26. The summed E-state index contributed by atoms with van der Waals surface area (Å²) in [6.45, 7) is 1.64. The molecule has 0 saturated heterocycles. The molecule has 9 heteroatoms. The van der Waals surface area contributed by atoms with E-state index < -0.39 is 21.0 Å². The Morgan fingerprint density at radius 2 is 2.10 bits per heavy atom. The molecule has 21 heavy (non-hydrogen) atoms. The number of non-ortho nitro benzene ring substituents is 1. The first-order chi connectivity index (χ1) is 9.81. The van der Waals surface area contributed by atoms with Crippen molar-refractivity contribution in [2.45, 2.75) is 17.2 Å². The van der Waals surface area contributed by atoms with Crippen molar-refractivity contribution < 1.29 is 13.3 Å². The SMILES string of the molecule is CC(NS(=O)(=O)c1sccc1Br)c1cccc([N+](=O)[O-])c1. The number of benzene rings is 1. The van der Waals surface area contributed by atoms with Crippen molar-refractivity contribution in [2.24, 2.45) is 0 Å². The summed E-state index contributed by atoms with van der Waals surface area (Å²) < 4.78 is 27.7. The van der Waals surface area contributed by atoms with E-state index in [0.29, 0.717) is 10.0 Å². The topological polar surface area (TPSA) is 89.3 Å². The number of rotatable bonds is 5. The fraction of sp³-hybridized carbons (Fsp3) is 0.167. The van der Waals surface area contributed by atoms with Crippen LogP contribution in [-0.4, -0.2) is 13.3 Å². The number of hydrogen-bond acceptors (Lipinski definition) is 5. The van der Waals surface area contributed by atoms with Crippen LogP contribution in [0, 0.1) is 10.1 Å². The highest BCUT2D eigenvalue weighted by molar-refractivity contribution is 9.10. The lowest BCUT2D eigenvalue weighted by Crippen LogP contribution is -2.26. The standard InChI is InChI=1S/C12H11BrN2O4S2/c1-8(9-3-2-4-10(7-9)15(16)17)14-21(18,19)12-11(13)5-6-20-12/h2-8,14H,1H3. The molecule has 112 valence electrons. The lowest BCUT2D eigenvalue weighted by atomic mass is 10.1. The number of nitro groups is 1. The van der Waals surface area contributed by atoms with Gasteiger partial charge in [0.15, 0.2) is 0 Å². The third kappa shape index (κ3) is 3.67. The molecule has 0 amide bonds. The summed E-state index contributed by atoms with van der Waals surface area (Å²) in [5, 5.41) is 12.4. The molecule has 0 fully saturated rings. The van der Waals surface area contributed by atoms with Gasteiger partial charge in [-0.3, -0.25) is 10.1 Å². The van der Waals surface area contributed by atoms with Crippen LogP contribution in [0.15, 0.2) is 44.4 Å². The lowest BCUT2D eigenvalue weighted by molar-refractivity contribution is -0.384. The molecule has 2 aromatic rings.